The van der Waals surface area contributed by atoms with Gasteiger partial charge >= 0.3 is 5.69 Å². The molecule has 3 saturated heterocycles. The SMILES string of the molecule is C=CC(=O)N1CC(C)N(C2=NC(=C)N(c3c(C)nc(C(C)C)nc3C(C)C)c3nc(-c4ccccc4F)c(Cl)cc32)CC1C.C=CC(=O)N1CC(C)N(C2=NC(=C)N(c3c(C)nc(C=C)nc3C(C)C)c3nc(-c4ccccc4F)c(Cl)cc32)CC1C.C=CC(=O)N1CCN(c2nc(=O)n(-c3c(C)ccnc3C(C)C)c3nc(-c4ccccc4F)c(Cl)cc23)CC1CC#N. The van der Waals surface area contributed by atoms with Crippen molar-refractivity contribution in [3.05, 3.63) is 272 Å². The molecule has 3 aromatic carbocycles. The summed E-state index contributed by atoms with van der Waals surface area (Å²) in [7, 11) is 0. The predicted octanol–water partition coefficient (Wildman–Crippen LogP) is 19.4. The van der Waals surface area contributed by atoms with Crippen LogP contribution in [0, 0.1) is 49.6 Å². The van der Waals surface area contributed by atoms with Crippen LogP contribution in [0.2, 0.25) is 15.1 Å². The van der Waals surface area contributed by atoms with Gasteiger partial charge in [-0.3, -0.25) is 29.2 Å². The number of benzene rings is 3. The Morgan fingerprint density at radius 3 is 1.39 bits per heavy atom. The number of aryl methyl sites for hydroxylation is 3. The molecule has 129 heavy (non-hydrogen) atoms. The van der Waals surface area contributed by atoms with E-state index >= 15 is 8.78 Å². The fourth-order valence-electron chi connectivity index (χ4n) is 17.0. The van der Waals surface area contributed by atoms with E-state index in [0.717, 1.165) is 34.2 Å². The van der Waals surface area contributed by atoms with Crippen molar-refractivity contribution in [3.63, 3.8) is 0 Å². The van der Waals surface area contributed by atoms with E-state index in [1.54, 1.807) is 90.0 Å². The minimum Gasteiger partial charge on any atom is -0.352 e. The Kier molecular flexibility index (Phi) is 28.2. The van der Waals surface area contributed by atoms with Crippen LogP contribution in [0.25, 0.3) is 56.6 Å². The van der Waals surface area contributed by atoms with E-state index in [9.17, 15) is 28.8 Å². The fraction of sp³-hybridized carbons (Fsp3) is 0.327. The Morgan fingerprint density at radius 1 is 0.504 bits per heavy atom. The van der Waals surface area contributed by atoms with E-state index in [1.807, 2.05) is 99.8 Å². The van der Waals surface area contributed by atoms with Crippen LogP contribution in [0.3, 0.4) is 0 Å². The summed E-state index contributed by atoms with van der Waals surface area (Å²) < 4.78 is 46.5. The van der Waals surface area contributed by atoms with Crippen molar-refractivity contribution in [3.8, 4) is 45.5 Å². The van der Waals surface area contributed by atoms with Crippen molar-refractivity contribution in [2.45, 2.75) is 164 Å². The molecule has 15 rings (SSSR count). The molecule has 3 fully saturated rings. The molecule has 0 N–H and O–H groups in total. The monoisotopic (exact) mass is 1800 g/mol. The van der Waals surface area contributed by atoms with Gasteiger partial charge in [-0.2, -0.15) is 10.2 Å². The van der Waals surface area contributed by atoms with Crippen molar-refractivity contribution < 1.29 is 27.6 Å². The minimum atomic E-state index is -0.591. The van der Waals surface area contributed by atoms with E-state index in [2.05, 4.69) is 105 Å². The van der Waals surface area contributed by atoms with Gasteiger partial charge in [0.05, 0.1) is 113 Å². The van der Waals surface area contributed by atoms with Crippen LogP contribution in [-0.4, -0.2) is 179 Å². The van der Waals surface area contributed by atoms with Gasteiger partial charge in [0.2, 0.25) is 17.7 Å². The maximum atomic E-state index is 15.1. The number of nitrogens with zero attached hydrogens (tertiary/aromatic N) is 21. The number of amidine groups is 2. The van der Waals surface area contributed by atoms with E-state index in [1.165, 1.54) is 41.0 Å². The summed E-state index contributed by atoms with van der Waals surface area (Å²) in [6.45, 7) is 56.6. The summed E-state index contributed by atoms with van der Waals surface area (Å²) in [6, 6.07) is 27.4. The average Bonchev–Trinajstić information content (AvgIpc) is 0.737. The highest BCUT2D eigenvalue weighted by atomic mass is 35.5. The van der Waals surface area contributed by atoms with E-state index < -0.39 is 29.2 Å². The minimum absolute atomic E-state index is 0.0201. The van der Waals surface area contributed by atoms with Gasteiger partial charge < -0.3 is 29.4 Å². The first-order valence-corrected chi connectivity index (χ1v) is 43.8. The van der Waals surface area contributed by atoms with Crippen LogP contribution in [0.1, 0.15) is 170 Å². The Bertz CT molecular complexity index is 6380. The highest BCUT2D eigenvalue weighted by Gasteiger charge is 2.43. The van der Waals surface area contributed by atoms with Gasteiger partial charge in [-0.15, -0.1) is 0 Å². The third-order valence-electron chi connectivity index (χ3n) is 23.4. The second-order valence-electron chi connectivity index (χ2n) is 33.7. The lowest BCUT2D eigenvalue weighted by Gasteiger charge is -2.46. The van der Waals surface area contributed by atoms with Gasteiger partial charge in [0, 0.05) is 98.8 Å². The second kappa shape index (κ2) is 38.8. The molecular weight excluding hydrogens is 1700 g/mol. The predicted molar refractivity (Wildman–Crippen MR) is 506 cm³/mol. The van der Waals surface area contributed by atoms with Gasteiger partial charge in [0.25, 0.3) is 0 Å². The smallest absolute Gasteiger partial charge is 0.352 e. The molecule has 666 valence electrons. The topological polar surface area (TPSA) is 264 Å². The van der Waals surface area contributed by atoms with Gasteiger partial charge in [0.15, 0.2) is 23.1 Å². The van der Waals surface area contributed by atoms with Gasteiger partial charge in [0.1, 0.15) is 52.4 Å². The maximum absolute atomic E-state index is 15.1. The number of halogens is 6. The highest BCUT2D eigenvalue weighted by molar-refractivity contribution is 6.35. The van der Waals surface area contributed by atoms with E-state index in [0.29, 0.717) is 147 Å². The molecule has 5 atom stereocenters. The molecule has 31 heteroatoms. The largest absolute Gasteiger partial charge is 0.355 e. The Labute approximate surface area is 764 Å². The van der Waals surface area contributed by atoms with E-state index in [4.69, 9.17) is 74.7 Å². The van der Waals surface area contributed by atoms with Crippen LogP contribution in [0.15, 0.2) is 187 Å². The standard InChI is InChI=1S/C34H39ClFN7O.C33H35ClFN7O.C31H29ClFN7O2/c1-10-28(44)41-16-21(7)42(17-20(41)6)33-25-15-26(35)30(24-13-11-12-14-27(24)36)40-34(25)43(23(9)38-33)31-22(8)37-32(19(4)5)39-29(31)18(2)3;1-9-27-36-21(7)31(29(38-27)18(3)4)42-22(8)37-32(41-17-19(5)40(16-20(41)6)28(43)10-2)24-15-25(34)30(39-33(24)42)23-13-11-12-14-26(23)35;1-5-25(41)39-15-14-38(17-20(39)10-12-34)29-22-16-23(32)27(21-8-6-7-9-24(21)33)36-30(22)40(31(42)37-29)28-19(4)11-13-35-26(28)18(2)3/h10-15,18-21H,1,9,16-17H2,2-8H3;9-15,18-20H,1-2,8,16-17H2,3-7H3;5-9,11,13,16,18,20H,1,10,14-15,17H2,2-4H3. The van der Waals surface area contributed by atoms with Crippen LogP contribution in [0.5, 0.6) is 0 Å². The number of nitriles is 1. The summed E-state index contributed by atoms with van der Waals surface area (Å²) in [5.74, 6) is 3.04. The van der Waals surface area contributed by atoms with Crippen molar-refractivity contribution in [2.75, 3.05) is 60.5 Å². The van der Waals surface area contributed by atoms with Crippen molar-refractivity contribution in [1.29, 1.82) is 5.26 Å². The number of aliphatic imine (C=N–C) groups is 2. The number of carbonyl (C=O) groups is 3. The Balaban J connectivity index is 0.000000165. The quantitative estimate of drug-likeness (QED) is 0.0814. The summed E-state index contributed by atoms with van der Waals surface area (Å²) in [5.41, 5.74) is 9.10. The zero-order valence-corrected chi connectivity index (χ0v) is 77.3. The summed E-state index contributed by atoms with van der Waals surface area (Å²) in [6.07, 6.45) is 7.32. The number of carbonyl (C=O) groups excluding carboxylic acids is 3. The zero-order valence-electron chi connectivity index (χ0n) is 75.0. The fourth-order valence-corrected chi connectivity index (χ4v) is 17.7. The molecule has 0 spiro atoms. The first-order chi connectivity index (χ1) is 61.4. The third kappa shape index (κ3) is 18.4. The number of fused-ring (bicyclic) bond motifs is 3. The Morgan fingerprint density at radius 2 is 0.946 bits per heavy atom. The molecule has 3 amide bonds. The first-order valence-electron chi connectivity index (χ1n) is 42.7. The van der Waals surface area contributed by atoms with Gasteiger partial charge in [-0.05, 0) is 157 Å². The van der Waals surface area contributed by atoms with Crippen LogP contribution < -0.4 is 20.4 Å². The van der Waals surface area contributed by atoms with Crippen LogP contribution in [0.4, 0.5) is 42.0 Å². The Hall–Kier alpha value is -13.1. The molecular formula is C98H103Cl3F3N21O4. The number of rotatable bonds is 16. The average molecular weight is 1800 g/mol. The molecule has 10 aromatic rings. The summed E-state index contributed by atoms with van der Waals surface area (Å²) >= 11 is 20.5. The molecule has 5 unspecified atom stereocenters. The highest BCUT2D eigenvalue weighted by Crippen LogP contribution is 2.48. The maximum Gasteiger partial charge on any atom is 0.355 e. The molecule has 0 bridgehead atoms. The van der Waals surface area contributed by atoms with E-state index in [-0.39, 0.29) is 111 Å². The van der Waals surface area contributed by atoms with Crippen molar-refractivity contribution in [2.24, 2.45) is 9.98 Å². The van der Waals surface area contributed by atoms with Gasteiger partial charge in [-0.25, -0.2) is 67.4 Å². The van der Waals surface area contributed by atoms with Crippen LogP contribution in [-0.2, 0) is 14.4 Å². The second-order valence-corrected chi connectivity index (χ2v) is 34.9. The molecule has 5 aliphatic rings. The summed E-state index contributed by atoms with van der Waals surface area (Å²) in [4.78, 5) is 120. The molecule has 0 aliphatic carbocycles. The number of amides is 3. The number of aromatic nitrogens is 10. The number of piperazine rings is 3. The lowest BCUT2D eigenvalue weighted by atomic mass is 10.0. The molecule has 25 nitrogen and oxygen atoms in total. The lowest BCUT2D eigenvalue weighted by molar-refractivity contribution is -0.131. The number of hydrogen-bond acceptors (Lipinski definition) is 21. The molecule has 0 radical (unpaired) electrons. The first kappa shape index (κ1) is 93.5. The van der Waals surface area contributed by atoms with Gasteiger partial charge in [-0.1, -0.05) is 166 Å². The lowest BCUT2D eigenvalue weighted by Crippen LogP contribution is -2.59. The van der Waals surface area contributed by atoms with Crippen LogP contribution >= 0.6 is 34.8 Å². The normalized spacial score (nSPS) is 17.4. The summed E-state index contributed by atoms with van der Waals surface area (Å²) in [5, 5.41) is 10.7. The molecule has 0 saturated carbocycles. The third-order valence-corrected chi connectivity index (χ3v) is 24.2. The number of pyridine rings is 4. The molecule has 5 aliphatic heterocycles. The number of anilines is 5. The van der Waals surface area contributed by atoms with Crippen molar-refractivity contribution >= 4 is 110 Å². The number of hydrogen-bond donors (Lipinski definition) is 0. The van der Waals surface area contributed by atoms with Crippen molar-refractivity contribution in [1.82, 2.24) is 73.9 Å². The zero-order chi connectivity index (χ0) is 93.3. The molecule has 12 heterocycles. The molecule has 7 aromatic heterocycles.